The van der Waals surface area contributed by atoms with Crippen molar-refractivity contribution >= 4 is 27.6 Å². The van der Waals surface area contributed by atoms with Gasteiger partial charge in [0.15, 0.2) is 6.10 Å². The fourth-order valence-corrected chi connectivity index (χ4v) is 6.11. The zero-order valence-electron chi connectivity index (χ0n) is 38.8. The molecule has 0 fully saturated rings. The minimum Gasteiger partial charge on any atom is -0.462 e. The normalized spacial score (nSPS) is 15.7. The average molecular weight is 963 g/mol. The second-order valence-electron chi connectivity index (χ2n) is 14.4. The van der Waals surface area contributed by atoms with E-state index in [9.17, 15) is 33.8 Å². The van der Waals surface area contributed by atoms with Gasteiger partial charge in [-0.2, -0.15) is 0 Å². The maximum atomic E-state index is 12.7. The van der Waals surface area contributed by atoms with E-state index in [0.29, 0.717) is 32.1 Å². The molecule has 0 aliphatic rings. The number of rotatable bonds is 40. The quantitative estimate of drug-likeness (QED) is 0.0167. The number of ether oxygens (including phenoxy) is 2. The number of esters is 2. The molecule has 0 rings (SSSR count). The molecular weight excluding hydrogens is 886 g/mol. The molecule has 4 atom stereocenters. The Labute approximate surface area is 393 Å². The summed E-state index contributed by atoms with van der Waals surface area (Å²) in [6.07, 6.45) is 54.8. The second kappa shape index (κ2) is 43.5. The van der Waals surface area contributed by atoms with Gasteiger partial charge in [0.1, 0.15) is 12.7 Å². The second-order valence-corrected chi connectivity index (χ2v) is 17.1. The molecule has 0 saturated carbocycles. The Morgan fingerprint density at radius 2 is 0.894 bits per heavy atom. The Morgan fingerprint density at radius 1 is 0.485 bits per heavy atom. The summed E-state index contributed by atoms with van der Waals surface area (Å²) in [4.78, 5) is 52.7. The molecule has 370 valence electrons. The van der Waals surface area contributed by atoms with Crippen LogP contribution in [0.25, 0.3) is 0 Å². The lowest BCUT2D eigenvalue weighted by Gasteiger charge is -2.20. The van der Waals surface area contributed by atoms with Crippen molar-refractivity contribution in [2.45, 2.75) is 128 Å². The molecule has 0 aliphatic carbocycles. The molecule has 14 nitrogen and oxygen atoms in total. The van der Waals surface area contributed by atoms with E-state index in [2.05, 4.69) is 89.7 Å². The van der Waals surface area contributed by atoms with Gasteiger partial charge in [-0.3, -0.25) is 23.2 Å². The molecule has 0 radical (unpaired) electrons. The van der Waals surface area contributed by atoms with Crippen molar-refractivity contribution in [1.29, 1.82) is 0 Å². The lowest BCUT2D eigenvalue weighted by Crippen LogP contribution is -2.29. The molecule has 2 unspecified atom stereocenters. The summed E-state index contributed by atoms with van der Waals surface area (Å²) in [5.41, 5.74) is 0. The summed E-state index contributed by atoms with van der Waals surface area (Å²) in [6.45, 7) is 1.23. The lowest BCUT2D eigenvalue weighted by atomic mass is 10.2. The van der Waals surface area contributed by atoms with E-state index < -0.39 is 72.3 Å². The Kier molecular flexibility index (Phi) is 40.9. The summed E-state index contributed by atoms with van der Waals surface area (Å²) < 4.78 is 47.6. The molecule has 0 aromatic carbocycles. The van der Waals surface area contributed by atoms with Gasteiger partial charge in [-0.25, -0.2) is 9.13 Å². The third-order valence-electron chi connectivity index (χ3n) is 8.32. The van der Waals surface area contributed by atoms with Gasteiger partial charge < -0.3 is 34.4 Å². The highest BCUT2D eigenvalue weighted by Gasteiger charge is 2.28. The van der Waals surface area contributed by atoms with Gasteiger partial charge in [0.2, 0.25) is 0 Å². The Morgan fingerprint density at radius 3 is 1.38 bits per heavy atom. The molecule has 0 aromatic rings. The third-order valence-corrected chi connectivity index (χ3v) is 9.76. The molecule has 0 bridgehead atoms. The zero-order valence-corrected chi connectivity index (χ0v) is 40.6. The predicted octanol–water partition coefficient (Wildman–Crippen LogP) is 11.0. The molecule has 0 saturated heterocycles. The van der Waals surface area contributed by atoms with E-state index in [-0.39, 0.29) is 12.8 Å². The summed E-state index contributed by atoms with van der Waals surface area (Å²) in [5.74, 6) is -1.27. The maximum Gasteiger partial charge on any atom is 0.472 e. The van der Waals surface area contributed by atoms with Crippen LogP contribution in [-0.2, 0) is 41.8 Å². The molecule has 0 heterocycles. The topological polar surface area (TPSA) is 216 Å². The largest absolute Gasteiger partial charge is 0.472 e. The van der Waals surface area contributed by atoms with Gasteiger partial charge in [-0.15, -0.1) is 0 Å². The van der Waals surface area contributed by atoms with Crippen LogP contribution in [0.3, 0.4) is 0 Å². The third kappa shape index (κ3) is 46.5. The summed E-state index contributed by atoms with van der Waals surface area (Å²) >= 11 is 0. The van der Waals surface area contributed by atoms with Crippen molar-refractivity contribution in [2.75, 3.05) is 26.4 Å². The number of allylic oxidation sites excluding steroid dienone is 22. The van der Waals surface area contributed by atoms with E-state index in [1.165, 1.54) is 0 Å². The van der Waals surface area contributed by atoms with Crippen LogP contribution in [0, 0.1) is 0 Å². The Balaban J connectivity index is 4.80. The van der Waals surface area contributed by atoms with Gasteiger partial charge in [-0.1, -0.05) is 160 Å². The number of hydrogen-bond acceptors (Lipinski definition) is 11. The highest BCUT2D eigenvalue weighted by Crippen LogP contribution is 2.43. The minimum atomic E-state index is -4.89. The molecule has 0 aromatic heterocycles. The summed E-state index contributed by atoms with van der Waals surface area (Å²) in [6, 6.07) is 0. The van der Waals surface area contributed by atoms with Crippen LogP contribution in [0.2, 0.25) is 0 Å². The number of aliphatic hydroxyl groups is 2. The number of phosphoric ester groups is 2. The zero-order chi connectivity index (χ0) is 48.8. The van der Waals surface area contributed by atoms with Crippen molar-refractivity contribution in [2.24, 2.45) is 0 Å². The lowest BCUT2D eigenvalue weighted by molar-refractivity contribution is -0.161. The molecular formula is C50H76O14P2. The number of carbonyl (C=O) groups is 2. The maximum absolute atomic E-state index is 12.7. The van der Waals surface area contributed by atoms with E-state index in [1.807, 2.05) is 72.9 Å². The summed E-state index contributed by atoms with van der Waals surface area (Å²) in [7, 11) is -9.76. The Bertz CT molecular complexity index is 1730. The first kappa shape index (κ1) is 62.0. The van der Waals surface area contributed by atoms with Crippen molar-refractivity contribution < 1.29 is 66.7 Å². The van der Waals surface area contributed by atoms with E-state index in [1.54, 1.807) is 6.08 Å². The minimum absolute atomic E-state index is 0.0350. The SMILES string of the molecule is CC/C=C\C/C=C\C/C=C\C/C=C\C/C=C\C/C=C\CCC(=O)OC[C@H](COP(=O)(O)OC[C@@H](O)COP(=O)(O)O)OC(=O)CC/C=C\C/C=C\C/C=C\C/C=C/C=C/C(O)C/C=C\CC. The van der Waals surface area contributed by atoms with Crippen molar-refractivity contribution in [3.05, 3.63) is 146 Å². The molecule has 5 N–H and O–H groups in total. The first-order valence-corrected chi connectivity index (χ1v) is 25.7. The van der Waals surface area contributed by atoms with E-state index in [4.69, 9.17) is 23.8 Å². The highest BCUT2D eigenvalue weighted by molar-refractivity contribution is 7.47. The molecule has 0 amide bonds. The number of hydrogen-bond donors (Lipinski definition) is 5. The highest BCUT2D eigenvalue weighted by atomic mass is 31.2. The first-order chi connectivity index (χ1) is 31.8. The monoisotopic (exact) mass is 962 g/mol. The first-order valence-electron chi connectivity index (χ1n) is 22.6. The molecule has 0 aliphatic heterocycles. The van der Waals surface area contributed by atoms with Crippen LogP contribution in [0.5, 0.6) is 0 Å². The van der Waals surface area contributed by atoms with Crippen LogP contribution < -0.4 is 0 Å². The summed E-state index contributed by atoms with van der Waals surface area (Å²) in [5, 5.41) is 19.6. The fourth-order valence-electron chi connectivity index (χ4n) is 4.95. The van der Waals surface area contributed by atoms with Crippen LogP contribution in [-0.4, -0.2) is 81.6 Å². The van der Waals surface area contributed by atoms with Gasteiger partial charge in [0.25, 0.3) is 0 Å². The number of carbonyl (C=O) groups excluding carboxylic acids is 2. The van der Waals surface area contributed by atoms with Crippen molar-refractivity contribution in [3.8, 4) is 0 Å². The van der Waals surface area contributed by atoms with Crippen LogP contribution in [0.1, 0.15) is 110 Å². The smallest absolute Gasteiger partial charge is 0.462 e. The van der Waals surface area contributed by atoms with E-state index in [0.717, 1.165) is 51.4 Å². The van der Waals surface area contributed by atoms with Crippen molar-refractivity contribution in [3.63, 3.8) is 0 Å². The van der Waals surface area contributed by atoms with Gasteiger partial charge in [0, 0.05) is 12.8 Å². The Hall–Kier alpha value is -4.04. The predicted molar refractivity (Wildman–Crippen MR) is 263 cm³/mol. The molecule has 16 heteroatoms. The van der Waals surface area contributed by atoms with Crippen molar-refractivity contribution in [1.82, 2.24) is 0 Å². The molecule has 66 heavy (non-hydrogen) atoms. The van der Waals surface area contributed by atoms with Gasteiger partial charge in [0.05, 0.1) is 25.9 Å². The number of phosphoric acid groups is 2. The van der Waals surface area contributed by atoms with Crippen LogP contribution in [0.15, 0.2) is 146 Å². The van der Waals surface area contributed by atoms with Gasteiger partial charge in [-0.05, 0) is 83.5 Å². The standard InChI is InChI=1S/C50H76O14P2/c1-3-5-7-8-9-10-11-12-13-14-15-16-17-20-23-26-29-32-36-40-49(53)60-44-48(45-63-66(58,59)62-43-47(52)42-61-65(55,56)57)64-50(54)41-37-33-30-27-24-21-18-19-22-25-28-31-35-39-46(51)38-34-6-4-2/h5-7,9-10,12-13,15-16,19-24,28-35,39,46-48,51-52H,3-4,8,11,14,17-18,25-27,36-38,40-45H2,1-2H3,(H,58,59)(H2,55,56,57)/b7-5-,10-9-,13-12-,16-15-,22-19-,23-20-,24-21-,31-28+,32-29-,33-30-,34-6-,39-35+/t46?,47-,48+/m0/s1. The molecule has 0 spiro atoms. The van der Waals surface area contributed by atoms with Gasteiger partial charge >= 0.3 is 27.6 Å². The fraction of sp³-hybridized carbons (Fsp3) is 0.480. The van der Waals surface area contributed by atoms with Crippen LogP contribution in [0.4, 0.5) is 0 Å². The van der Waals surface area contributed by atoms with E-state index >= 15 is 0 Å². The average Bonchev–Trinajstić information content (AvgIpc) is 3.27. The number of aliphatic hydroxyl groups excluding tert-OH is 2. The van der Waals surface area contributed by atoms with Crippen LogP contribution >= 0.6 is 15.6 Å².